The molecular formula is C22H15Cl2NO. The average molecular weight is 380 g/mol. The van der Waals surface area contributed by atoms with Crippen LogP contribution in [-0.2, 0) is 0 Å². The van der Waals surface area contributed by atoms with Gasteiger partial charge in [0.2, 0.25) is 11.2 Å². The molecule has 0 fully saturated rings. The normalized spacial score (nSPS) is 11.0. The standard InChI is InChI=1S/C22H15Cl2NO/c1-14-16-10-5-6-13-19(16)25(26)22(20(14)15-8-3-2-4-9-15)21-17(23)11-7-12-18(21)24/h2-13H,1H3. The van der Waals surface area contributed by atoms with E-state index < -0.39 is 0 Å². The Morgan fingerprint density at radius 2 is 1.35 bits per heavy atom. The van der Waals surface area contributed by atoms with Crippen LogP contribution >= 0.6 is 23.2 Å². The maximum absolute atomic E-state index is 13.4. The highest BCUT2D eigenvalue weighted by Crippen LogP contribution is 2.41. The van der Waals surface area contributed by atoms with Gasteiger partial charge < -0.3 is 5.21 Å². The minimum Gasteiger partial charge on any atom is -0.618 e. The van der Waals surface area contributed by atoms with E-state index in [9.17, 15) is 5.21 Å². The van der Waals surface area contributed by atoms with E-state index in [4.69, 9.17) is 23.2 Å². The first kappa shape index (κ1) is 16.9. The van der Waals surface area contributed by atoms with E-state index in [2.05, 4.69) is 0 Å². The highest BCUT2D eigenvalue weighted by molar-refractivity contribution is 6.39. The second-order valence-electron chi connectivity index (χ2n) is 6.12. The maximum atomic E-state index is 13.4. The number of halogens is 2. The Labute approximate surface area is 161 Å². The third-order valence-corrected chi connectivity index (χ3v) is 5.23. The van der Waals surface area contributed by atoms with Crippen molar-refractivity contribution in [2.45, 2.75) is 6.92 Å². The summed E-state index contributed by atoms with van der Waals surface area (Å²) in [4.78, 5) is 0. The monoisotopic (exact) mass is 379 g/mol. The molecule has 0 radical (unpaired) electrons. The van der Waals surface area contributed by atoms with Gasteiger partial charge in [-0.3, -0.25) is 0 Å². The number of pyridine rings is 1. The third-order valence-electron chi connectivity index (χ3n) is 4.60. The Morgan fingerprint density at radius 3 is 2.04 bits per heavy atom. The van der Waals surface area contributed by atoms with Crippen LogP contribution in [0.2, 0.25) is 10.0 Å². The number of nitrogens with zero attached hydrogens (tertiary/aromatic N) is 1. The quantitative estimate of drug-likeness (QED) is 0.291. The van der Waals surface area contributed by atoms with Crippen molar-refractivity contribution >= 4 is 34.1 Å². The average Bonchev–Trinajstić information content (AvgIpc) is 2.66. The molecule has 2 nitrogen and oxygen atoms in total. The molecule has 0 aliphatic carbocycles. The molecule has 3 aromatic carbocycles. The molecule has 0 saturated heterocycles. The topological polar surface area (TPSA) is 26.9 Å². The van der Waals surface area contributed by atoms with E-state index in [1.807, 2.05) is 61.5 Å². The van der Waals surface area contributed by atoms with Gasteiger partial charge in [-0.25, -0.2) is 0 Å². The van der Waals surface area contributed by atoms with Crippen molar-refractivity contribution in [2.24, 2.45) is 0 Å². The molecule has 26 heavy (non-hydrogen) atoms. The number of para-hydroxylation sites is 1. The third kappa shape index (κ3) is 2.63. The molecule has 0 amide bonds. The summed E-state index contributed by atoms with van der Waals surface area (Å²) in [7, 11) is 0. The Morgan fingerprint density at radius 1 is 0.731 bits per heavy atom. The van der Waals surface area contributed by atoms with E-state index in [0.717, 1.165) is 26.8 Å². The molecule has 0 aliphatic heterocycles. The zero-order valence-electron chi connectivity index (χ0n) is 14.0. The van der Waals surface area contributed by atoms with E-state index in [1.165, 1.54) is 0 Å². The van der Waals surface area contributed by atoms with Gasteiger partial charge in [-0.1, -0.05) is 71.7 Å². The molecule has 0 bridgehead atoms. The molecular weight excluding hydrogens is 365 g/mol. The summed E-state index contributed by atoms with van der Waals surface area (Å²) in [6, 6.07) is 22.7. The summed E-state index contributed by atoms with van der Waals surface area (Å²) < 4.78 is 0.942. The van der Waals surface area contributed by atoms with Crippen LogP contribution in [0.15, 0.2) is 72.8 Å². The van der Waals surface area contributed by atoms with Gasteiger partial charge >= 0.3 is 0 Å². The van der Waals surface area contributed by atoms with Gasteiger partial charge in [0.15, 0.2) is 0 Å². The molecule has 0 atom stereocenters. The van der Waals surface area contributed by atoms with E-state index in [0.29, 0.717) is 26.8 Å². The van der Waals surface area contributed by atoms with Crippen LogP contribution in [0.5, 0.6) is 0 Å². The molecule has 1 heterocycles. The number of aromatic nitrogens is 1. The van der Waals surface area contributed by atoms with Crippen molar-refractivity contribution in [1.29, 1.82) is 0 Å². The summed E-state index contributed by atoms with van der Waals surface area (Å²) >= 11 is 12.9. The molecule has 4 heteroatoms. The van der Waals surface area contributed by atoms with Crippen molar-refractivity contribution < 1.29 is 4.73 Å². The molecule has 128 valence electrons. The molecule has 4 rings (SSSR count). The maximum Gasteiger partial charge on any atom is 0.235 e. The number of hydrogen-bond donors (Lipinski definition) is 0. The van der Waals surface area contributed by atoms with Gasteiger partial charge in [0.1, 0.15) is 0 Å². The van der Waals surface area contributed by atoms with Crippen LogP contribution in [-0.4, -0.2) is 0 Å². The lowest BCUT2D eigenvalue weighted by Crippen LogP contribution is -2.32. The Kier molecular flexibility index (Phi) is 4.31. The van der Waals surface area contributed by atoms with Crippen molar-refractivity contribution in [1.82, 2.24) is 0 Å². The van der Waals surface area contributed by atoms with Crippen molar-refractivity contribution in [3.05, 3.63) is 93.6 Å². The molecule has 0 saturated carbocycles. The number of hydrogen-bond acceptors (Lipinski definition) is 1. The van der Waals surface area contributed by atoms with E-state index in [1.54, 1.807) is 18.2 Å². The zero-order valence-corrected chi connectivity index (χ0v) is 15.6. The predicted molar refractivity (Wildman–Crippen MR) is 109 cm³/mol. The second kappa shape index (κ2) is 6.64. The lowest BCUT2D eigenvalue weighted by Gasteiger charge is -2.17. The predicted octanol–water partition coefficient (Wildman–Crippen LogP) is 6.42. The van der Waals surface area contributed by atoms with Gasteiger partial charge in [0, 0.05) is 6.07 Å². The number of benzene rings is 3. The van der Waals surface area contributed by atoms with Gasteiger partial charge in [-0.15, -0.1) is 0 Å². The van der Waals surface area contributed by atoms with Crippen LogP contribution in [0.25, 0.3) is 33.3 Å². The molecule has 4 aromatic rings. The minimum absolute atomic E-state index is 0.453. The first-order valence-corrected chi connectivity index (χ1v) is 9.00. The van der Waals surface area contributed by atoms with Crippen LogP contribution in [0.4, 0.5) is 0 Å². The van der Waals surface area contributed by atoms with E-state index >= 15 is 0 Å². The summed E-state index contributed by atoms with van der Waals surface area (Å²) in [6.45, 7) is 2.03. The highest BCUT2D eigenvalue weighted by Gasteiger charge is 2.27. The Bertz CT molecular complexity index is 1100. The van der Waals surface area contributed by atoms with E-state index in [-0.39, 0.29) is 0 Å². The summed E-state index contributed by atoms with van der Waals surface area (Å²) in [5, 5.41) is 15.2. The summed E-state index contributed by atoms with van der Waals surface area (Å²) in [6.07, 6.45) is 0. The summed E-state index contributed by atoms with van der Waals surface area (Å²) in [5.74, 6) is 0. The number of rotatable bonds is 2. The minimum atomic E-state index is 0.453. The SMILES string of the molecule is Cc1c(-c2ccccc2)c(-c2c(Cl)cccc2Cl)[n+]([O-])c2ccccc12. The van der Waals surface area contributed by atoms with Crippen molar-refractivity contribution in [3.63, 3.8) is 0 Å². The molecule has 0 unspecified atom stereocenters. The fourth-order valence-electron chi connectivity index (χ4n) is 3.41. The second-order valence-corrected chi connectivity index (χ2v) is 6.94. The van der Waals surface area contributed by atoms with Crippen LogP contribution in [0.1, 0.15) is 5.56 Å². The largest absolute Gasteiger partial charge is 0.618 e. The Balaban J connectivity index is 2.23. The van der Waals surface area contributed by atoms with Crippen LogP contribution < -0.4 is 4.73 Å². The Hall–Kier alpha value is -2.55. The van der Waals surface area contributed by atoms with Crippen LogP contribution in [0.3, 0.4) is 0 Å². The first-order valence-electron chi connectivity index (χ1n) is 8.24. The smallest absolute Gasteiger partial charge is 0.235 e. The van der Waals surface area contributed by atoms with Gasteiger partial charge in [-0.2, -0.15) is 4.73 Å². The molecule has 0 N–H and O–H groups in total. The highest BCUT2D eigenvalue weighted by atomic mass is 35.5. The van der Waals surface area contributed by atoms with Gasteiger partial charge in [-0.05, 0) is 36.2 Å². The molecule has 1 aromatic heterocycles. The lowest BCUT2D eigenvalue weighted by molar-refractivity contribution is -0.564. The van der Waals surface area contributed by atoms with Crippen LogP contribution in [0, 0.1) is 12.1 Å². The molecule has 0 spiro atoms. The van der Waals surface area contributed by atoms with Gasteiger partial charge in [0.05, 0.1) is 26.6 Å². The number of fused-ring (bicyclic) bond motifs is 1. The van der Waals surface area contributed by atoms with Gasteiger partial charge in [0.25, 0.3) is 0 Å². The fraction of sp³-hybridized carbons (Fsp3) is 0.0455. The number of aryl methyl sites for hydroxylation is 1. The fourth-order valence-corrected chi connectivity index (χ4v) is 3.99. The lowest BCUT2D eigenvalue weighted by atomic mass is 9.92. The van der Waals surface area contributed by atoms with Crippen molar-refractivity contribution in [3.8, 4) is 22.4 Å². The molecule has 0 aliphatic rings. The van der Waals surface area contributed by atoms with Crippen molar-refractivity contribution in [2.75, 3.05) is 0 Å². The first-order chi connectivity index (χ1) is 12.6. The zero-order chi connectivity index (χ0) is 18.3. The summed E-state index contributed by atoms with van der Waals surface area (Å²) in [5.41, 5.74) is 4.43.